The second kappa shape index (κ2) is 5.59. The number of carbonyl (C=O) groups is 2. The van der Waals surface area contributed by atoms with Gasteiger partial charge in [-0.25, -0.2) is 8.78 Å². The molecule has 1 unspecified atom stereocenters. The maximum atomic E-state index is 12.5. The van der Waals surface area contributed by atoms with Gasteiger partial charge in [0.05, 0.1) is 6.54 Å². The second-order valence-electron chi connectivity index (χ2n) is 3.15. The molecule has 0 saturated heterocycles. The fourth-order valence-corrected chi connectivity index (χ4v) is 0.796. The van der Waals surface area contributed by atoms with E-state index >= 15 is 0 Å². The van der Waals surface area contributed by atoms with E-state index in [0.29, 0.717) is 0 Å². The van der Waals surface area contributed by atoms with E-state index in [-0.39, 0.29) is 0 Å². The molecule has 0 aromatic heterocycles. The van der Waals surface area contributed by atoms with Gasteiger partial charge in [0.2, 0.25) is 11.8 Å². The summed E-state index contributed by atoms with van der Waals surface area (Å²) in [6.45, 7) is 0.300. The summed E-state index contributed by atoms with van der Waals surface area (Å²) in [6, 6.07) is -0.878. The number of hydrogen-bond donors (Lipinski definition) is 3. The summed E-state index contributed by atoms with van der Waals surface area (Å²) in [5.74, 6) is -4.49. The Hall–Kier alpha value is -1.24. The zero-order chi connectivity index (χ0) is 12.1. The van der Waals surface area contributed by atoms with E-state index in [0.717, 1.165) is 0 Å². The van der Waals surface area contributed by atoms with Crippen molar-refractivity contribution in [2.45, 2.75) is 25.8 Å². The molecular weight excluding hydrogens is 210 g/mol. The van der Waals surface area contributed by atoms with Crippen LogP contribution in [0.1, 0.15) is 13.8 Å². The summed E-state index contributed by atoms with van der Waals surface area (Å²) in [5, 5.41) is 12.4. The fourth-order valence-electron chi connectivity index (χ4n) is 0.796. The number of rotatable bonds is 5. The van der Waals surface area contributed by atoms with Crippen molar-refractivity contribution in [3.63, 3.8) is 0 Å². The summed E-state index contributed by atoms with van der Waals surface area (Å²) in [6.07, 6.45) is 0. The summed E-state index contributed by atoms with van der Waals surface area (Å²) in [7, 11) is 0. The Morgan fingerprint density at radius 1 is 1.47 bits per heavy atom. The van der Waals surface area contributed by atoms with Gasteiger partial charge >= 0.3 is 0 Å². The average Bonchev–Trinajstić information content (AvgIpc) is 2.13. The van der Waals surface area contributed by atoms with Gasteiger partial charge in [0.15, 0.2) is 0 Å². The van der Waals surface area contributed by atoms with E-state index in [1.165, 1.54) is 13.8 Å². The van der Waals surface area contributed by atoms with Crippen molar-refractivity contribution in [2.75, 3.05) is 13.2 Å². The lowest BCUT2D eigenvalue weighted by Gasteiger charge is -2.17. The molecule has 0 heterocycles. The Labute approximate surface area is 85.8 Å². The third-order valence-corrected chi connectivity index (χ3v) is 1.57. The van der Waals surface area contributed by atoms with Gasteiger partial charge in [-0.2, -0.15) is 0 Å². The molecule has 0 aromatic carbocycles. The van der Waals surface area contributed by atoms with E-state index in [9.17, 15) is 18.4 Å². The van der Waals surface area contributed by atoms with Crippen LogP contribution in [0.15, 0.2) is 0 Å². The first-order valence-corrected chi connectivity index (χ1v) is 4.32. The number of nitrogens with one attached hydrogen (secondary N) is 2. The van der Waals surface area contributed by atoms with Crippen LogP contribution in [0.4, 0.5) is 8.78 Å². The largest absolute Gasteiger partial charge is 0.390 e. The zero-order valence-electron chi connectivity index (χ0n) is 8.51. The Morgan fingerprint density at radius 2 is 2.00 bits per heavy atom. The summed E-state index contributed by atoms with van der Waals surface area (Å²) >= 11 is 0. The molecule has 3 N–H and O–H groups in total. The SMILES string of the molecule is CC(=O)NC(C)C(=O)NCC(F)(F)CO. The third-order valence-electron chi connectivity index (χ3n) is 1.57. The van der Waals surface area contributed by atoms with Crippen molar-refractivity contribution in [1.82, 2.24) is 10.6 Å². The van der Waals surface area contributed by atoms with Crippen molar-refractivity contribution in [3.05, 3.63) is 0 Å². The van der Waals surface area contributed by atoms with Crippen LogP contribution in [0.25, 0.3) is 0 Å². The van der Waals surface area contributed by atoms with Crippen LogP contribution in [0, 0.1) is 0 Å². The second-order valence-corrected chi connectivity index (χ2v) is 3.15. The van der Waals surface area contributed by atoms with Gasteiger partial charge in [0.25, 0.3) is 5.92 Å². The van der Waals surface area contributed by atoms with Crippen LogP contribution in [0.5, 0.6) is 0 Å². The number of halogens is 2. The van der Waals surface area contributed by atoms with E-state index in [1.54, 1.807) is 0 Å². The molecule has 0 aliphatic heterocycles. The average molecular weight is 224 g/mol. The monoisotopic (exact) mass is 224 g/mol. The number of aliphatic hydroxyl groups excluding tert-OH is 1. The quantitative estimate of drug-likeness (QED) is 0.575. The molecule has 7 heteroatoms. The molecule has 0 radical (unpaired) electrons. The topological polar surface area (TPSA) is 78.4 Å². The van der Waals surface area contributed by atoms with Gasteiger partial charge < -0.3 is 15.7 Å². The molecule has 0 bridgehead atoms. The maximum Gasteiger partial charge on any atom is 0.287 e. The summed E-state index contributed by atoms with van der Waals surface area (Å²) in [5.41, 5.74) is 0. The molecule has 0 spiro atoms. The smallest absolute Gasteiger partial charge is 0.287 e. The van der Waals surface area contributed by atoms with E-state index in [2.05, 4.69) is 5.32 Å². The van der Waals surface area contributed by atoms with Crippen LogP contribution in [-0.2, 0) is 9.59 Å². The highest BCUT2D eigenvalue weighted by Crippen LogP contribution is 2.09. The highest BCUT2D eigenvalue weighted by Gasteiger charge is 2.29. The normalized spacial score (nSPS) is 13.1. The predicted molar refractivity (Wildman–Crippen MR) is 48.3 cm³/mol. The molecule has 0 saturated carbocycles. The van der Waals surface area contributed by atoms with Crippen molar-refractivity contribution in [1.29, 1.82) is 0 Å². The van der Waals surface area contributed by atoms with Crippen LogP contribution in [0.3, 0.4) is 0 Å². The molecule has 0 aliphatic carbocycles. The Morgan fingerprint density at radius 3 is 2.40 bits per heavy atom. The van der Waals surface area contributed by atoms with Gasteiger partial charge in [-0.1, -0.05) is 0 Å². The first-order valence-electron chi connectivity index (χ1n) is 4.32. The molecular formula is C8H14F2N2O3. The minimum atomic E-state index is -3.34. The van der Waals surface area contributed by atoms with Crippen molar-refractivity contribution >= 4 is 11.8 Å². The number of alkyl halides is 2. The first kappa shape index (κ1) is 13.8. The molecule has 0 aliphatic rings. The number of hydrogen-bond acceptors (Lipinski definition) is 3. The highest BCUT2D eigenvalue weighted by molar-refractivity contribution is 5.86. The van der Waals surface area contributed by atoms with Crippen LogP contribution < -0.4 is 10.6 Å². The number of amides is 2. The number of aliphatic hydroxyl groups is 1. The van der Waals surface area contributed by atoms with Gasteiger partial charge in [0.1, 0.15) is 12.6 Å². The maximum absolute atomic E-state index is 12.5. The first-order chi connectivity index (χ1) is 6.78. The Balaban J connectivity index is 3.98. The number of carbonyl (C=O) groups excluding carboxylic acids is 2. The predicted octanol–water partition coefficient (Wildman–Crippen LogP) is -0.745. The van der Waals surface area contributed by atoms with Crippen molar-refractivity contribution in [3.8, 4) is 0 Å². The van der Waals surface area contributed by atoms with Crippen LogP contribution in [-0.4, -0.2) is 42.0 Å². The molecule has 5 nitrogen and oxygen atoms in total. The summed E-state index contributed by atoms with van der Waals surface area (Å²) < 4.78 is 25.0. The minimum absolute atomic E-state index is 0.424. The van der Waals surface area contributed by atoms with Gasteiger partial charge in [-0.05, 0) is 6.92 Å². The lowest BCUT2D eigenvalue weighted by molar-refractivity contribution is -0.129. The van der Waals surface area contributed by atoms with E-state index < -0.39 is 36.9 Å². The van der Waals surface area contributed by atoms with E-state index in [4.69, 9.17) is 5.11 Å². The van der Waals surface area contributed by atoms with Crippen molar-refractivity contribution in [2.24, 2.45) is 0 Å². The molecule has 15 heavy (non-hydrogen) atoms. The minimum Gasteiger partial charge on any atom is -0.390 e. The van der Waals surface area contributed by atoms with Crippen LogP contribution in [0.2, 0.25) is 0 Å². The molecule has 0 aromatic rings. The standard InChI is InChI=1S/C8H14F2N2O3/c1-5(12-6(2)14)7(15)11-3-8(9,10)4-13/h5,13H,3-4H2,1-2H3,(H,11,15)(H,12,14). The van der Waals surface area contributed by atoms with Gasteiger partial charge in [-0.3, -0.25) is 9.59 Å². The fraction of sp³-hybridized carbons (Fsp3) is 0.750. The van der Waals surface area contributed by atoms with Crippen LogP contribution >= 0.6 is 0 Å². The lowest BCUT2D eigenvalue weighted by Crippen LogP contribution is -2.48. The molecule has 1 atom stereocenters. The lowest BCUT2D eigenvalue weighted by atomic mass is 10.3. The van der Waals surface area contributed by atoms with E-state index in [1.807, 2.05) is 5.32 Å². The van der Waals surface area contributed by atoms with Crippen molar-refractivity contribution < 1.29 is 23.5 Å². The Bertz CT molecular complexity index is 246. The molecule has 0 rings (SSSR count). The zero-order valence-corrected chi connectivity index (χ0v) is 8.51. The molecule has 0 fully saturated rings. The molecule has 88 valence electrons. The van der Waals surface area contributed by atoms with Gasteiger partial charge in [-0.15, -0.1) is 0 Å². The third kappa shape index (κ3) is 5.95. The summed E-state index contributed by atoms with van der Waals surface area (Å²) in [4.78, 5) is 21.6. The van der Waals surface area contributed by atoms with Gasteiger partial charge in [0, 0.05) is 6.92 Å². The molecule has 2 amide bonds. The Kier molecular flexibility index (Phi) is 5.13. The highest BCUT2D eigenvalue weighted by atomic mass is 19.3.